The molecule has 2 aromatic rings. The standard InChI is InChI=1S/C11H14N6O/c1-2-17-7-15-16-10(17)6-14-11(18)8-3-4-13-5-9(8)12/h3-5,7H,2,6,12H2,1H3,(H,14,18). The number of hydrogen-bond donors (Lipinski definition) is 2. The van der Waals surface area contributed by atoms with Gasteiger partial charge in [0.2, 0.25) is 0 Å². The molecular formula is C11H14N6O. The predicted molar refractivity (Wildman–Crippen MR) is 65.5 cm³/mol. The number of rotatable bonds is 4. The number of nitrogens with two attached hydrogens (primary N) is 1. The molecule has 0 aliphatic rings. The second-order valence-electron chi connectivity index (χ2n) is 3.68. The average molecular weight is 246 g/mol. The van der Waals surface area contributed by atoms with Gasteiger partial charge in [-0.3, -0.25) is 9.78 Å². The molecule has 7 heteroatoms. The number of anilines is 1. The van der Waals surface area contributed by atoms with Gasteiger partial charge in [0.15, 0.2) is 5.82 Å². The van der Waals surface area contributed by atoms with Crippen LogP contribution in [0.1, 0.15) is 23.1 Å². The van der Waals surface area contributed by atoms with E-state index in [2.05, 4.69) is 20.5 Å². The van der Waals surface area contributed by atoms with Crippen LogP contribution in [0.3, 0.4) is 0 Å². The molecule has 0 aliphatic carbocycles. The Hall–Kier alpha value is -2.44. The summed E-state index contributed by atoms with van der Waals surface area (Å²) >= 11 is 0. The Kier molecular flexibility index (Phi) is 3.52. The Morgan fingerprint density at radius 2 is 2.39 bits per heavy atom. The molecule has 0 spiro atoms. The first kappa shape index (κ1) is 12.0. The van der Waals surface area contributed by atoms with Crippen molar-refractivity contribution < 1.29 is 4.79 Å². The van der Waals surface area contributed by atoms with Crippen LogP contribution in [0.5, 0.6) is 0 Å². The number of pyridine rings is 1. The van der Waals surface area contributed by atoms with Gasteiger partial charge in [-0.05, 0) is 13.0 Å². The summed E-state index contributed by atoms with van der Waals surface area (Å²) in [6.07, 6.45) is 4.60. The highest BCUT2D eigenvalue weighted by molar-refractivity contribution is 5.98. The van der Waals surface area contributed by atoms with Crippen LogP contribution in [-0.4, -0.2) is 25.7 Å². The first-order valence-electron chi connectivity index (χ1n) is 5.56. The molecule has 0 bridgehead atoms. The Bertz CT molecular complexity index is 550. The SMILES string of the molecule is CCn1cnnc1CNC(=O)c1ccncc1N. The second-order valence-corrected chi connectivity index (χ2v) is 3.68. The summed E-state index contributed by atoms with van der Waals surface area (Å²) in [7, 11) is 0. The third kappa shape index (κ3) is 2.45. The van der Waals surface area contributed by atoms with Crippen LogP contribution >= 0.6 is 0 Å². The maximum absolute atomic E-state index is 11.9. The molecule has 0 atom stereocenters. The fourth-order valence-electron chi connectivity index (χ4n) is 1.55. The van der Waals surface area contributed by atoms with Gasteiger partial charge < -0.3 is 15.6 Å². The molecule has 0 unspecified atom stereocenters. The lowest BCUT2D eigenvalue weighted by molar-refractivity contribution is 0.0950. The fourth-order valence-corrected chi connectivity index (χ4v) is 1.55. The Morgan fingerprint density at radius 1 is 1.56 bits per heavy atom. The van der Waals surface area contributed by atoms with Gasteiger partial charge in [-0.25, -0.2) is 0 Å². The van der Waals surface area contributed by atoms with Crippen molar-refractivity contribution in [2.45, 2.75) is 20.0 Å². The summed E-state index contributed by atoms with van der Waals surface area (Å²) in [6.45, 7) is 3.06. The monoisotopic (exact) mass is 246 g/mol. The lowest BCUT2D eigenvalue weighted by Crippen LogP contribution is -2.25. The lowest BCUT2D eigenvalue weighted by atomic mass is 10.2. The van der Waals surface area contributed by atoms with Crippen molar-refractivity contribution in [1.29, 1.82) is 0 Å². The molecule has 7 nitrogen and oxygen atoms in total. The molecule has 1 amide bonds. The zero-order valence-corrected chi connectivity index (χ0v) is 10.00. The van der Waals surface area contributed by atoms with Crippen LogP contribution in [0.4, 0.5) is 5.69 Å². The number of carbonyl (C=O) groups is 1. The molecule has 0 saturated carbocycles. The molecule has 2 aromatic heterocycles. The van der Waals surface area contributed by atoms with E-state index < -0.39 is 0 Å². The van der Waals surface area contributed by atoms with Crippen LogP contribution in [0.25, 0.3) is 0 Å². The average Bonchev–Trinajstić information content (AvgIpc) is 2.84. The molecule has 0 radical (unpaired) electrons. The first-order chi connectivity index (χ1) is 8.72. The number of hydrogen-bond acceptors (Lipinski definition) is 5. The van der Waals surface area contributed by atoms with E-state index in [-0.39, 0.29) is 5.91 Å². The summed E-state index contributed by atoms with van der Waals surface area (Å²) in [5.41, 5.74) is 6.43. The zero-order valence-electron chi connectivity index (χ0n) is 10.00. The van der Waals surface area contributed by atoms with Gasteiger partial charge in [-0.15, -0.1) is 10.2 Å². The van der Waals surface area contributed by atoms with Gasteiger partial charge in [-0.1, -0.05) is 0 Å². The van der Waals surface area contributed by atoms with E-state index in [1.807, 2.05) is 11.5 Å². The van der Waals surface area contributed by atoms with E-state index in [1.54, 1.807) is 12.4 Å². The molecule has 0 aliphatic heterocycles. The lowest BCUT2D eigenvalue weighted by Gasteiger charge is -2.07. The number of carbonyl (C=O) groups excluding carboxylic acids is 1. The quantitative estimate of drug-likeness (QED) is 0.803. The molecule has 18 heavy (non-hydrogen) atoms. The van der Waals surface area contributed by atoms with Crippen LogP contribution in [-0.2, 0) is 13.1 Å². The molecular weight excluding hydrogens is 232 g/mol. The van der Waals surface area contributed by atoms with Crippen LogP contribution in [0.2, 0.25) is 0 Å². The number of aryl methyl sites for hydroxylation is 1. The van der Waals surface area contributed by atoms with Crippen molar-refractivity contribution in [3.63, 3.8) is 0 Å². The van der Waals surface area contributed by atoms with Crippen LogP contribution in [0, 0.1) is 0 Å². The Morgan fingerprint density at radius 3 is 3.11 bits per heavy atom. The van der Waals surface area contributed by atoms with Gasteiger partial charge in [-0.2, -0.15) is 0 Å². The summed E-state index contributed by atoms with van der Waals surface area (Å²) in [5, 5.41) is 10.5. The van der Waals surface area contributed by atoms with Crippen LogP contribution in [0.15, 0.2) is 24.8 Å². The minimum Gasteiger partial charge on any atom is -0.397 e. The van der Waals surface area contributed by atoms with Crippen molar-refractivity contribution in [3.8, 4) is 0 Å². The number of aromatic nitrogens is 4. The largest absolute Gasteiger partial charge is 0.397 e. The van der Waals surface area contributed by atoms with E-state index >= 15 is 0 Å². The minimum atomic E-state index is -0.249. The Labute approximate surface area is 104 Å². The Balaban J connectivity index is 2.03. The number of nitrogen functional groups attached to an aromatic ring is 1. The van der Waals surface area contributed by atoms with Gasteiger partial charge in [0.05, 0.1) is 24.0 Å². The molecule has 0 saturated heterocycles. The maximum Gasteiger partial charge on any atom is 0.253 e. The summed E-state index contributed by atoms with van der Waals surface area (Å²) in [5.74, 6) is 0.457. The highest BCUT2D eigenvalue weighted by atomic mass is 16.1. The molecule has 3 N–H and O–H groups in total. The van der Waals surface area contributed by atoms with Gasteiger partial charge >= 0.3 is 0 Å². The van der Waals surface area contributed by atoms with E-state index in [9.17, 15) is 4.79 Å². The van der Waals surface area contributed by atoms with Gasteiger partial charge in [0, 0.05) is 12.7 Å². The zero-order chi connectivity index (χ0) is 13.0. The molecule has 94 valence electrons. The van der Waals surface area contributed by atoms with Crippen molar-refractivity contribution in [2.75, 3.05) is 5.73 Å². The molecule has 0 aromatic carbocycles. The van der Waals surface area contributed by atoms with Crippen molar-refractivity contribution >= 4 is 11.6 Å². The van der Waals surface area contributed by atoms with Gasteiger partial charge in [0.1, 0.15) is 6.33 Å². The van der Waals surface area contributed by atoms with Crippen molar-refractivity contribution in [2.24, 2.45) is 0 Å². The van der Waals surface area contributed by atoms with Crippen molar-refractivity contribution in [3.05, 3.63) is 36.2 Å². The number of amides is 1. The highest BCUT2D eigenvalue weighted by Gasteiger charge is 2.10. The van der Waals surface area contributed by atoms with E-state index in [0.29, 0.717) is 23.6 Å². The normalized spacial score (nSPS) is 10.3. The third-order valence-electron chi connectivity index (χ3n) is 2.54. The fraction of sp³-hybridized carbons (Fsp3) is 0.273. The summed E-state index contributed by atoms with van der Waals surface area (Å²) in [4.78, 5) is 15.7. The maximum atomic E-state index is 11.9. The summed E-state index contributed by atoms with van der Waals surface area (Å²) in [6, 6.07) is 1.58. The molecule has 2 heterocycles. The van der Waals surface area contributed by atoms with Crippen LogP contribution < -0.4 is 11.1 Å². The van der Waals surface area contributed by atoms with Crippen molar-refractivity contribution in [1.82, 2.24) is 25.1 Å². The minimum absolute atomic E-state index is 0.249. The smallest absolute Gasteiger partial charge is 0.253 e. The van der Waals surface area contributed by atoms with E-state index in [1.165, 1.54) is 12.4 Å². The van der Waals surface area contributed by atoms with E-state index in [0.717, 1.165) is 6.54 Å². The summed E-state index contributed by atoms with van der Waals surface area (Å²) < 4.78 is 1.86. The number of nitrogens with one attached hydrogen (secondary N) is 1. The van der Waals surface area contributed by atoms with E-state index in [4.69, 9.17) is 5.73 Å². The second kappa shape index (κ2) is 5.26. The molecule has 2 rings (SSSR count). The van der Waals surface area contributed by atoms with Gasteiger partial charge in [0.25, 0.3) is 5.91 Å². The predicted octanol–water partition coefficient (Wildman–Crippen LogP) is 0.205. The third-order valence-corrected chi connectivity index (χ3v) is 2.54. The number of nitrogens with zero attached hydrogens (tertiary/aromatic N) is 4. The first-order valence-corrected chi connectivity index (χ1v) is 5.56. The highest BCUT2D eigenvalue weighted by Crippen LogP contribution is 2.08. The topological polar surface area (TPSA) is 98.7 Å². The molecule has 0 fully saturated rings.